The Morgan fingerprint density at radius 1 is 1.53 bits per heavy atom. The van der Waals surface area contributed by atoms with Crippen molar-refractivity contribution in [1.29, 1.82) is 0 Å². The van der Waals surface area contributed by atoms with Crippen LogP contribution in [0.5, 0.6) is 0 Å². The van der Waals surface area contributed by atoms with Crippen LogP contribution in [0, 0.1) is 11.8 Å². The van der Waals surface area contributed by atoms with E-state index in [-0.39, 0.29) is 25.0 Å². The van der Waals surface area contributed by atoms with Gasteiger partial charge in [-0.1, -0.05) is 11.8 Å². The van der Waals surface area contributed by atoms with Crippen LogP contribution in [-0.2, 0) is 16.1 Å². The minimum atomic E-state index is -0.223. The first kappa shape index (κ1) is 15.2. The van der Waals surface area contributed by atoms with Crippen LogP contribution in [0.4, 0.5) is 0 Å². The Bertz CT molecular complexity index is 513. The number of thiophene rings is 1. The Morgan fingerprint density at radius 2 is 2.26 bits per heavy atom. The summed E-state index contributed by atoms with van der Waals surface area (Å²) in [6.07, 6.45) is 0. The van der Waals surface area contributed by atoms with Crippen molar-refractivity contribution in [2.75, 3.05) is 20.2 Å². The lowest BCUT2D eigenvalue weighted by Gasteiger charge is -2.16. The number of carbonyl (C=O) groups excluding carboxylic acids is 2. The molecule has 5 nitrogen and oxygen atoms in total. The highest BCUT2D eigenvalue weighted by atomic mass is 32.1. The van der Waals surface area contributed by atoms with E-state index in [2.05, 4.69) is 17.2 Å². The van der Waals surface area contributed by atoms with Gasteiger partial charge in [0.1, 0.15) is 6.61 Å². The molecule has 1 aromatic heterocycles. The molecule has 19 heavy (non-hydrogen) atoms. The summed E-state index contributed by atoms with van der Waals surface area (Å²) in [6, 6.07) is 1.88. The van der Waals surface area contributed by atoms with Gasteiger partial charge in [-0.25, -0.2) is 0 Å². The number of nitrogens with zero attached hydrogens (tertiary/aromatic N) is 1. The van der Waals surface area contributed by atoms with E-state index < -0.39 is 0 Å². The van der Waals surface area contributed by atoms with Crippen LogP contribution in [0.15, 0.2) is 11.4 Å². The lowest BCUT2D eigenvalue weighted by Crippen LogP contribution is -2.36. The van der Waals surface area contributed by atoms with Crippen molar-refractivity contribution >= 4 is 23.2 Å². The number of hydrogen-bond acceptors (Lipinski definition) is 4. The van der Waals surface area contributed by atoms with Gasteiger partial charge in [-0.05, 0) is 6.07 Å². The Labute approximate surface area is 116 Å². The molecule has 1 aromatic rings. The molecule has 0 saturated heterocycles. The number of aliphatic hydroxyl groups is 1. The standard InChI is InChI=1S/C13H16N2O3S/c1-10(17)14-7-13(18)15(2)8-12-6-11(9-19-12)4-3-5-16/h6,9,16H,5,7-8H2,1-2H3,(H,14,17). The van der Waals surface area contributed by atoms with Gasteiger partial charge in [-0.3, -0.25) is 9.59 Å². The molecular formula is C13H16N2O3S. The van der Waals surface area contributed by atoms with E-state index in [0.29, 0.717) is 6.54 Å². The van der Waals surface area contributed by atoms with Gasteiger partial charge in [0.05, 0.1) is 13.1 Å². The first-order chi connectivity index (χ1) is 9.02. The Balaban J connectivity index is 2.51. The van der Waals surface area contributed by atoms with Gasteiger partial charge in [-0.2, -0.15) is 0 Å². The molecule has 0 fully saturated rings. The van der Waals surface area contributed by atoms with E-state index in [4.69, 9.17) is 5.11 Å². The predicted octanol–water partition coefficient (Wildman–Crippen LogP) is 0.186. The zero-order valence-corrected chi connectivity index (χ0v) is 11.7. The van der Waals surface area contributed by atoms with E-state index in [1.54, 1.807) is 11.9 Å². The smallest absolute Gasteiger partial charge is 0.242 e. The molecule has 0 spiro atoms. The number of likely N-dealkylation sites (N-methyl/N-ethyl adjacent to an activating group) is 1. The summed E-state index contributed by atoms with van der Waals surface area (Å²) in [6.45, 7) is 1.69. The van der Waals surface area contributed by atoms with Gasteiger partial charge in [-0.15, -0.1) is 11.3 Å². The van der Waals surface area contributed by atoms with Crippen molar-refractivity contribution < 1.29 is 14.7 Å². The maximum absolute atomic E-state index is 11.7. The van der Waals surface area contributed by atoms with Gasteiger partial charge in [0.2, 0.25) is 11.8 Å². The number of carbonyl (C=O) groups is 2. The van der Waals surface area contributed by atoms with E-state index in [9.17, 15) is 9.59 Å². The fourth-order valence-electron chi connectivity index (χ4n) is 1.33. The fourth-order valence-corrected chi connectivity index (χ4v) is 2.20. The van der Waals surface area contributed by atoms with Crippen molar-refractivity contribution in [1.82, 2.24) is 10.2 Å². The molecule has 0 unspecified atom stereocenters. The minimum Gasteiger partial charge on any atom is -0.384 e. The van der Waals surface area contributed by atoms with Crippen molar-refractivity contribution in [2.24, 2.45) is 0 Å². The van der Waals surface area contributed by atoms with Crippen LogP contribution in [0.3, 0.4) is 0 Å². The van der Waals surface area contributed by atoms with Crippen molar-refractivity contribution in [3.05, 3.63) is 21.9 Å². The quantitative estimate of drug-likeness (QED) is 0.773. The molecule has 0 saturated carbocycles. The highest BCUT2D eigenvalue weighted by Gasteiger charge is 2.10. The van der Waals surface area contributed by atoms with Crippen LogP contribution >= 0.6 is 11.3 Å². The third-order valence-electron chi connectivity index (χ3n) is 2.27. The van der Waals surface area contributed by atoms with E-state index in [1.165, 1.54) is 18.3 Å². The average Bonchev–Trinajstić information content (AvgIpc) is 2.80. The van der Waals surface area contributed by atoms with Crippen LogP contribution in [0.2, 0.25) is 0 Å². The van der Waals surface area contributed by atoms with Crippen molar-refractivity contribution in [3.8, 4) is 11.8 Å². The summed E-state index contributed by atoms with van der Waals surface area (Å²) < 4.78 is 0. The molecule has 1 rings (SSSR count). The zero-order chi connectivity index (χ0) is 14.3. The number of hydrogen-bond donors (Lipinski definition) is 2. The molecule has 0 atom stereocenters. The van der Waals surface area contributed by atoms with Crippen molar-refractivity contribution in [3.63, 3.8) is 0 Å². The van der Waals surface area contributed by atoms with Gasteiger partial charge in [0.15, 0.2) is 0 Å². The van der Waals surface area contributed by atoms with E-state index in [1.807, 2.05) is 11.4 Å². The second-order valence-electron chi connectivity index (χ2n) is 3.92. The SMILES string of the molecule is CC(=O)NCC(=O)N(C)Cc1cc(C#CCO)cs1. The maximum Gasteiger partial charge on any atom is 0.242 e. The van der Waals surface area contributed by atoms with Gasteiger partial charge in [0, 0.05) is 29.8 Å². The molecule has 6 heteroatoms. The minimum absolute atomic E-state index is 0.00832. The maximum atomic E-state index is 11.7. The Kier molecular flexibility index (Phi) is 6.06. The van der Waals surface area contributed by atoms with Crippen LogP contribution in [-0.4, -0.2) is 42.0 Å². The largest absolute Gasteiger partial charge is 0.384 e. The van der Waals surface area contributed by atoms with E-state index >= 15 is 0 Å². The molecule has 0 aliphatic heterocycles. The summed E-state index contributed by atoms with van der Waals surface area (Å²) in [5.74, 6) is 5.01. The molecule has 0 aliphatic rings. The monoisotopic (exact) mass is 280 g/mol. The molecule has 0 aromatic carbocycles. The lowest BCUT2D eigenvalue weighted by molar-refractivity contribution is -0.131. The summed E-state index contributed by atoms with van der Waals surface area (Å²) >= 11 is 1.50. The van der Waals surface area contributed by atoms with Crippen molar-refractivity contribution in [2.45, 2.75) is 13.5 Å². The second-order valence-corrected chi connectivity index (χ2v) is 4.92. The number of rotatable bonds is 4. The molecule has 102 valence electrons. The fraction of sp³-hybridized carbons (Fsp3) is 0.385. The lowest BCUT2D eigenvalue weighted by atomic mass is 10.3. The third kappa shape index (κ3) is 5.55. The number of aliphatic hydroxyl groups excluding tert-OH is 1. The Morgan fingerprint density at radius 3 is 2.89 bits per heavy atom. The van der Waals surface area contributed by atoms with E-state index in [0.717, 1.165) is 10.4 Å². The molecule has 2 N–H and O–H groups in total. The van der Waals surface area contributed by atoms with Gasteiger partial charge in [0.25, 0.3) is 0 Å². The number of amides is 2. The second kappa shape index (κ2) is 7.56. The summed E-state index contributed by atoms with van der Waals surface area (Å²) in [5, 5.41) is 12.9. The third-order valence-corrected chi connectivity index (χ3v) is 3.19. The normalized spacial score (nSPS) is 9.42. The molecule has 2 amide bonds. The predicted molar refractivity (Wildman–Crippen MR) is 73.4 cm³/mol. The molecule has 0 radical (unpaired) electrons. The molecule has 1 heterocycles. The first-order valence-corrected chi connectivity index (χ1v) is 6.56. The Hall–Kier alpha value is -1.84. The van der Waals surface area contributed by atoms with Crippen LogP contribution < -0.4 is 5.32 Å². The highest BCUT2D eigenvalue weighted by molar-refractivity contribution is 7.10. The van der Waals surface area contributed by atoms with Crippen LogP contribution in [0.25, 0.3) is 0 Å². The van der Waals surface area contributed by atoms with Crippen LogP contribution in [0.1, 0.15) is 17.4 Å². The summed E-state index contributed by atoms with van der Waals surface area (Å²) in [4.78, 5) is 25.0. The average molecular weight is 280 g/mol. The number of nitrogens with one attached hydrogen (secondary N) is 1. The topological polar surface area (TPSA) is 69.6 Å². The zero-order valence-electron chi connectivity index (χ0n) is 10.9. The van der Waals surface area contributed by atoms with Gasteiger partial charge < -0.3 is 15.3 Å². The molecule has 0 bridgehead atoms. The highest BCUT2D eigenvalue weighted by Crippen LogP contribution is 2.15. The molecular weight excluding hydrogens is 264 g/mol. The van der Waals surface area contributed by atoms with Gasteiger partial charge >= 0.3 is 0 Å². The molecule has 0 aliphatic carbocycles. The summed E-state index contributed by atoms with van der Waals surface area (Å²) in [7, 11) is 1.68. The first-order valence-electron chi connectivity index (χ1n) is 5.68. The summed E-state index contributed by atoms with van der Waals surface area (Å²) in [5.41, 5.74) is 0.830.